The third-order valence-electron chi connectivity index (χ3n) is 4.63. The van der Waals surface area contributed by atoms with E-state index in [1.54, 1.807) is 0 Å². The van der Waals surface area contributed by atoms with Crippen LogP contribution in [0.15, 0.2) is 30.3 Å². The van der Waals surface area contributed by atoms with Crippen molar-refractivity contribution in [3.05, 3.63) is 30.3 Å². The summed E-state index contributed by atoms with van der Waals surface area (Å²) in [5, 5.41) is 1.22. The van der Waals surface area contributed by atoms with Gasteiger partial charge in [0.05, 0.1) is 0 Å². The molecule has 106 valence electrons. The van der Waals surface area contributed by atoms with Gasteiger partial charge in [0.15, 0.2) is 0 Å². The quantitative estimate of drug-likeness (QED) is 0.619. The molecule has 2 nitrogen and oxygen atoms in total. The molecular weight excluding hydrogens is 334 g/mol. The van der Waals surface area contributed by atoms with Crippen LogP contribution in [0.5, 0.6) is 0 Å². The fourth-order valence-corrected chi connectivity index (χ4v) is 11.3. The predicted molar refractivity (Wildman–Crippen MR) is 84.0 cm³/mol. The zero-order valence-electron chi connectivity index (χ0n) is 11.5. The van der Waals surface area contributed by atoms with Crippen LogP contribution in [-0.2, 0) is 9.59 Å². The standard InChI is InChI=1S/C16H19O2PSe/c17-13-8-4-10-15(13)19(20,12-6-2-1-3-7-12)16-11-5-9-14(16)18/h1-3,6-7,15-16H,4-5,8-11H2. The van der Waals surface area contributed by atoms with Crippen LogP contribution in [0.25, 0.3) is 0 Å². The van der Waals surface area contributed by atoms with Crippen molar-refractivity contribution in [3.63, 3.8) is 0 Å². The summed E-state index contributed by atoms with van der Waals surface area (Å²) < 4.78 is 0. The molecule has 0 spiro atoms. The van der Waals surface area contributed by atoms with Gasteiger partial charge in [-0.15, -0.1) is 0 Å². The molecule has 4 heteroatoms. The molecule has 2 saturated carbocycles. The number of benzene rings is 1. The summed E-state index contributed by atoms with van der Waals surface area (Å²) >= 11 is 3.42. The van der Waals surface area contributed by atoms with E-state index in [-0.39, 0.29) is 11.3 Å². The Kier molecular flexibility index (Phi) is 4.13. The Hall–Kier alpha value is -0.491. The first-order chi connectivity index (χ1) is 9.64. The summed E-state index contributed by atoms with van der Waals surface area (Å²) in [7, 11) is 0. The van der Waals surface area contributed by atoms with E-state index in [9.17, 15) is 9.59 Å². The Morgan fingerprint density at radius 1 is 0.900 bits per heavy atom. The van der Waals surface area contributed by atoms with E-state index in [0.29, 0.717) is 24.4 Å². The van der Waals surface area contributed by atoms with Crippen molar-refractivity contribution < 1.29 is 9.59 Å². The average molecular weight is 353 g/mol. The third-order valence-corrected chi connectivity index (χ3v) is 13.2. The zero-order valence-corrected chi connectivity index (χ0v) is 14.1. The van der Waals surface area contributed by atoms with Crippen LogP contribution in [0.1, 0.15) is 38.5 Å². The number of carbonyl (C=O) groups is 2. The second kappa shape index (κ2) is 5.72. The van der Waals surface area contributed by atoms with Crippen LogP contribution in [0.2, 0.25) is 0 Å². The van der Waals surface area contributed by atoms with Crippen LogP contribution in [0, 0.1) is 0 Å². The van der Waals surface area contributed by atoms with Crippen LogP contribution < -0.4 is 5.30 Å². The average Bonchev–Trinajstić information content (AvgIpc) is 3.08. The van der Waals surface area contributed by atoms with Gasteiger partial charge >= 0.3 is 127 Å². The number of hydrogen-bond donors (Lipinski definition) is 0. The van der Waals surface area contributed by atoms with E-state index in [4.69, 9.17) is 0 Å². The first-order valence-electron chi connectivity index (χ1n) is 7.34. The number of hydrogen-bond acceptors (Lipinski definition) is 2. The summed E-state index contributed by atoms with van der Waals surface area (Å²) in [4.78, 5) is 24.7. The minimum absolute atomic E-state index is 0.0805. The summed E-state index contributed by atoms with van der Waals surface area (Å²) in [5.41, 5.74) is -1.69. The molecule has 0 heterocycles. The van der Waals surface area contributed by atoms with Crippen molar-refractivity contribution >= 4 is 37.5 Å². The molecule has 1 aromatic rings. The third kappa shape index (κ3) is 2.30. The Labute approximate surface area is 127 Å². The van der Waals surface area contributed by atoms with Crippen molar-refractivity contribution in [2.75, 3.05) is 0 Å². The van der Waals surface area contributed by atoms with Crippen LogP contribution >= 0.6 is 5.51 Å². The molecule has 0 N–H and O–H groups in total. The fourth-order valence-electron chi connectivity index (χ4n) is 3.64. The number of rotatable bonds is 3. The topological polar surface area (TPSA) is 34.1 Å². The van der Waals surface area contributed by atoms with E-state index in [1.165, 1.54) is 5.30 Å². The van der Waals surface area contributed by atoms with Gasteiger partial charge in [0.25, 0.3) is 0 Å². The summed E-state index contributed by atoms with van der Waals surface area (Å²) in [6, 6.07) is 10.3. The van der Waals surface area contributed by atoms with Gasteiger partial charge in [0, 0.05) is 0 Å². The van der Waals surface area contributed by atoms with E-state index >= 15 is 0 Å². The molecule has 1 aromatic carbocycles. The van der Waals surface area contributed by atoms with Crippen LogP contribution in [-0.4, -0.2) is 38.0 Å². The number of Topliss-reactive ketones (excluding diaryl/α,β-unsaturated/α-hetero) is 2. The van der Waals surface area contributed by atoms with Gasteiger partial charge in [-0.2, -0.15) is 0 Å². The molecule has 2 aliphatic rings. The normalized spacial score (nSPS) is 29.6. The second-order valence-electron chi connectivity index (χ2n) is 5.79. The Balaban J connectivity index is 2.10. The molecule has 0 bridgehead atoms. The molecule has 20 heavy (non-hydrogen) atoms. The van der Waals surface area contributed by atoms with Gasteiger partial charge < -0.3 is 0 Å². The summed E-state index contributed by atoms with van der Waals surface area (Å²) in [5.74, 6) is 0.751. The van der Waals surface area contributed by atoms with Crippen molar-refractivity contribution in [2.45, 2.75) is 49.8 Å². The summed E-state index contributed by atoms with van der Waals surface area (Å²) in [6.07, 6.45) is 5.28. The van der Waals surface area contributed by atoms with E-state index in [2.05, 4.69) is 27.2 Å². The van der Waals surface area contributed by atoms with Gasteiger partial charge in [-0.05, 0) is 0 Å². The first kappa shape index (κ1) is 14.4. The monoisotopic (exact) mass is 354 g/mol. The molecule has 3 rings (SSSR count). The molecular formula is C16H19O2PSe. The zero-order chi connectivity index (χ0) is 14.2. The molecule has 2 unspecified atom stereocenters. The maximum absolute atomic E-state index is 12.4. The van der Waals surface area contributed by atoms with Crippen LogP contribution in [0.4, 0.5) is 0 Å². The van der Waals surface area contributed by atoms with Crippen molar-refractivity contribution in [2.24, 2.45) is 0 Å². The van der Waals surface area contributed by atoms with Gasteiger partial charge in [-0.3, -0.25) is 0 Å². The summed E-state index contributed by atoms with van der Waals surface area (Å²) in [6.45, 7) is 0. The Morgan fingerprint density at radius 2 is 1.40 bits per heavy atom. The first-order valence-corrected chi connectivity index (χ1v) is 11.5. The van der Waals surface area contributed by atoms with E-state index in [1.807, 2.05) is 18.2 Å². The van der Waals surface area contributed by atoms with E-state index < -0.39 is 5.51 Å². The molecule has 2 aliphatic carbocycles. The molecule has 0 amide bonds. The Bertz CT molecular complexity index is 551. The number of carbonyl (C=O) groups excluding carboxylic acids is 2. The van der Waals surface area contributed by atoms with Gasteiger partial charge in [-0.1, -0.05) is 0 Å². The maximum atomic E-state index is 12.4. The molecule has 2 atom stereocenters. The minimum atomic E-state index is -1.85. The van der Waals surface area contributed by atoms with E-state index in [0.717, 1.165) is 25.7 Å². The molecule has 0 aliphatic heterocycles. The predicted octanol–water partition coefficient (Wildman–Crippen LogP) is 2.66. The molecule has 0 aromatic heterocycles. The van der Waals surface area contributed by atoms with Crippen molar-refractivity contribution in [3.8, 4) is 0 Å². The van der Waals surface area contributed by atoms with Gasteiger partial charge in [0.1, 0.15) is 0 Å². The van der Waals surface area contributed by atoms with Gasteiger partial charge in [0.2, 0.25) is 0 Å². The van der Waals surface area contributed by atoms with Crippen molar-refractivity contribution in [1.29, 1.82) is 0 Å². The van der Waals surface area contributed by atoms with Crippen LogP contribution in [0.3, 0.4) is 0 Å². The SMILES string of the molecule is O=C1CCCC1P(=[Se])(c1ccccc1)C1CCCC1=O. The van der Waals surface area contributed by atoms with Gasteiger partial charge in [-0.25, -0.2) is 0 Å². The Morgan fingerprint density at radius 3 is 1.80 bits per heavy atom. The molecule has 0 radical (unpaired) electrons. The van der Waals surface area contributed by atoms with Crippen molar-refractivity contribution in [1.82, 2.24) is 0 Å². The second-order valence-corrected chi connectivity index (χ2v) is 12.8. The molecule has 2 fully saturated rings. The number of ketones is 2. The molecule has 0 saturated heterocycles. The fraction of sp³-hybridized carbons (Fsp3) is 0.500.